The molecule has 0 radical (unpaired) electrons. The fourth-order valence-electron chi connectivity index (χ4n) is 12.2. The normalized spacial score (nSPS) is 13.9. The molecule has 0 saturated heterocycles. The van der Waals surface area contributed by atoms with E-state index in [0.717, 1.165) is 96.3 Å². The molecule has 0 bridgehead atoms. The topological polar surface area (TPSA) is 237 Å². The van der Waals surface area contributed by atoms with E-state index in [9.17, 15) is 43.2 Å². The summed E-state index contributed by atoms with van der Waals surface area (Å²) in [6, 6.07) is 0. The van der Waals surface area contributed by atoms with Gasteiger partial charge in [-0.1, -0.05) is 363 Å². The number of hydrogen-bond donors (Lipinski definition) is 3. The second-order valence-electron chi connectivity index (χ2n) is 29.4. The van der Waals surface area contributed by atoms with Crippen LogP contribution in [0.25, 0.3) is 0 Å². The molecule has 0 aliphatic carbocycles. The van der Waals surface area contributed by atoms with Gasteiger partial charge in [0.15, 0.2) is 12.2 Å². The average Bonchev–Trinajstić information content (AvgIpc) is 1.00. The molecule has 17 nitrogen and oxygen atoms in total. The maximum atomic E-state index is 13.1. The highest BCUT2D eigenvalue weighted by Crippen LogP contribution is 2.45. The molecule has 0 aromatic carbocycles. The fraction of sp³-hybridized carbons (Fsp3) is 0.949. The Morgan fingerprint density at radius 3 is 0.694 bits per heavy atom. The van der Waals surface area contributed by atoms with Gasteiger partial charge in [-0.25, -0.2) is 9.13 Å². The molecule has 19 heteroatoms. The molecule has 0 aromatic rings. The molecule has 0 fully saturated rings. The zero-order valence-corrected chi connectivity index (χ0v) is 65.9. The highest BCUT2D eigenvalue weighted by molar-refractivity contribution is 7.47. The molecule has 0 spiro atoms. The van der Waals surface area contributed by atoms with Crippen molar-refractivity contribution >= 4 is 39.5 Å². The number of ether oxygens (including phenoxy) is 4. The van der Waals surface area contributed by atoms with Crippen LogP contribution in [-0.2, 0) is 65.4 Å². The maximum absolute atomic E-state index is 13.1. The van der Waals surface area contributed by atoms with Crippen LogP contribution in [0.4, 0.5) is 0 Å². The molecule has 0 aromatic heterocycles. The molecule has 3 N–H and O–H groups in total. The van der Waals surface area contributed by atoms with Crippen molar-refractivity contribution in [1.82, 2.24) is 0 Å². The van der Waals surface area contributed by atoms with E-state index in [1.807, 2.05) is 0 Å². The van der Waals surface area contributed by atoms with Gasteiger partial charge >= 0.3 is 39.5 Å². The van der Waals surface area contributed by atoms with E-state index in [2.05, 4.69) is 41.5 Å². The van der Waals surface area contributed by atoms with E-state index in [4.69, 9.17) is 37.0 Å². The Balaban J connectivity index is 5.20. The van der Waals surface area contributed by atoms with Gasteiger partial charge in [-0.05, 0) is 37.5 Å². The molecule has 582 valence electrons. The zero-order chi connectivity index (χ0) is 72.1. The summed E-state index contributed by atoms with van der Waals surface area (Å²) < 4.78 is 68.6. The van der Waals surface area contributed by atoms with E-state index >= 15 is 0 Å². The zero-order valence-electron chi connectivity index (χ0n) is 64.1. The maximum Gasteiger partial charge on any atom is 0.472 e. The third-order valence-electron chi connectivity index (χ3n) is 18.5. The van der Waals surface area contributed by atoms with Gasteiger partial charge in [0, 0.05) is 25.7 Å². The van der Waals surface area contributed by atoms with E-state index in [0.29, 0.717) is 37.5 Å². The second-order valence-corrected chi connectivity index (χ2v) is 32.3. The van der Waals surface area contributed by atoms with Crippen LogP contribution in [0.5, 0.6) is 0 Å². The molecule has 0 saturated carbocycles. The van der Waals surface area contributed by atoms with Gasteiger partial charge in [0.2, 0.25) is 0 Å². The lowest BCUT2D eigenvalue weighted by Crippen LogP contribution is -2.30. The van der Waals surface area contributed by atoms with Gasteiger partial charge < -0.3 is 33.8 Å². The van der Waals surface area contributed by atoms with Gasteiger partial charge in [0.05, 0.1) is 26.4 Å². The van der Waals surface area contributed by atoms with E-state index < -0.39 is 97.5 Å². The van der Waals surface area contributed by atoms with Crippen molar-refractivity contribution in [2.75, 3.05) is 39.6 Å². The van der Waals surface area contributed by atoms with Crippen LogP contribution in [0.15, 0.2) is 0 Å². The molecular weight excluding hydrogens is 1280 g/mol. The fourth-order valence-corrected chi connectivity index (χ4v) is 13.8. The number of esters is 4. The monoisotopic (exact) mass is 1440 g/mol. The molecule has 0 heterocycles. The molecule has 0 rings (SSSR count). The van der Waals surface area contributed by atoms with Crippen LogP contribution < -0.4 is 0 Å². The third kappa shape index (κ3) is 72.4. The number of hydrogen-bond acceptors (Lipinski definition) is 15. The Morgan fingerprint density at radius 1 is 0.276 bits per heavy atom. The minimum absolute atomic E-state index is 0.103. The first-order valence-corrected chi connectivity index (χ1v) is 44.0. The van der Waals surface area contributed by atoms with Crippen molar-refractivity contribution < 1.29 is 80.2 Å². The lowest BCUT2D eigenvalue weighted by molar-refractivity contribution is -0.161. The Hall–Kier alpha value is -1.94. The van der Waals surface area contributed by atoms with Crippen molar-refractivity contribution in [3.05, 3.63) is 0 Å². The number of phosphoric acid groups is 2. The predicted molar refractivity (Wildman–Crippen MR) is 400 cm³/mol. The first kappa shape index (κ1) is 96.1. The first-order chi connectivity index (χ1) is 47.4. The minimum Gasteiger partial charge on any atom is -0.462 e. The molecular formula is C79H154O17P2. The Morgan fingerprint density at radius 2 is 0.469 bits per heavy atom. The van der Waals surface area contributed by atoms with E-state index in [1.165, 1.54) is 225 Å². The number of carbonyl (C=O) groups is 4. The lowest BCUT2D eigenvalue weighted by atomic mass is 10.0. The highest BCUT2D eigenvalue weighted by Gasteiger charge is 2.30. The van der Waals surface area contributed by atoms with Crippen LogP contribution in [0, 0.1) is 11.8 Å². The Labute approximate surface area is 600 Å². The Bertz CT molecular complexity index is 1890. The third-order valence-corrected chi connectivity index (χ3v) is 20.4. The van der Waals surface area contributed by atoms with Gasteiger partial charge in [-0.2, -0.15) is 0 Å². The standard InChI is InChI=1S/C79H154O17P2/c1-7-9-11-13-15-17-19-21-23-25-27-28-30-32-34-36-38-44-51-57-63-78(83)95-74(67-89-76(81)61-55-49-43-37-35-33-31-29-26-24-22-20-18-16-14-12-10-8-2)69-93-97(85,86)91-65-73(80)66-92-98(87,88)94-70-75(96-79(84)64-58-52-46-40-42-48-54-60-72(5)6)68-90-77(82)62-56-50-45-39-41-47-53-59-71(3)4/h71-75,80H,7-70H2,1-6H3,(H,85,86)(H,87,88)/t73-,74-,75-/m1/s1. The van der Waals surface area contributed by atoms with Crippen LogP contribution in [0.3, 0.4) is 0 Å². The average molecular weight is 1440 g/mol. The summed E-state index contributed by atoms with van der Waals surface area (Å²) in [6.07, 6.45) is 60.1. The van der Waals surface area contributed by atoms with Crippen molar-refractivity contribution in [2.45, 2.75) is 432 Å². The predicted octanol–water partition coefficient (Wildman–Crippen LogP) is 23.5. The number of unbranched alkanes of at least 4 members (excludes halogenated alkanes) is 48. The molecule has 2 unspecified atom stereocenters. The van der Waals surface area contributed by atoms with Gasteiger partial charge in [-0.3, -0.25) is 37.3 Å². The molecule has 0 amide bonds. The summed E-state index contributed by atoms with van der Waals surface area (Å²) in [4.78, 5) is 72.8. The van der Waals surface area contributed by atoms with Crippen LogP contribution in [-0.4, -0.2) is 96.7 Å². The van der Waals surface area contributed by atoms with Crippen LogP contribution in [0.1, 0.15) is 414 Å². The summed E-state index contributed by atoms with van der Waals surface area (Å²) in [5, 5.41) is 10.6. The summed E-state index contributed by atoms with van der Waals surface area (Å²) in [5.74, 6) is -0.716. The van der Waals surface area contributed by atoms with Crippen LogP contribution in [0.2, 0.25) is 0 Å². The van der Waals surface area contributed by atoms with Crippen molar-refractivity contribution in [3.8, 4) is 0 Å². The van der Waals surface area contributed by atoms with Gasteiger partial charge in [0.1, 0.15) is 19.3 Å². The highest BCUT2D eigenvalue weighted by atomic mass is 31.2. The minimum atomic E-state index is -4.96. The quantitative estimate of drug-likeness (QED) is 0.0222. The summed E-state index contributed by atoms with van der Waals surface area (Å²) in [7, 11) is -9.91. The van der Waals surface area contributed by atoms with Crippen LogP contribution >= 0.6 is 15.6 Å². The number of carbonyl (C=O) groups excluding carboxylic acids is 4. The molecule has 0 aliphatic heterocycles. The Kier molecular flexibility index (Phi) is 69.3. The van der Waals surface area contributed by atoms with Crippen molar-refractivity contribution in [2.24, 2.45) is 11.8 Å². The van der Waals surface area contributed by atoms with Gasteiger partial charge in [0.25, 0.3) is 0 Å². The number of aliphatic hydroxyl groups is 1. The van der Waals surface area contributed by atoms with Crippen molar-refractivity contribution in [3.63, 3.8) is 0 Å². The first-order valence-electron chi connectivity index (χ1n) is 41.0. The summed E-state index contributed by atoms with van der Waals surface area (Å²) >= 11 is 0. The van der Waals surface area contributed by atoms with Crippen molar-refractivity contribution in [1.29, 1.82) is 0 Å². The lowest BCUT2D eigenvalue weighted by Gasteiger charge is -2.21. The van der Waals surface area contributed by atoms with E-state index in [-0.39, 0.29) is 25.7 Å². The largest absolute Gasteiger partial charge is 0.472 e. The van der Waals surface area contributed by atoms with Gasteiger partial charge in [-0.15, -0.1) is 0 Å². The molecule has 0 aliphatic rings. The number of rotatable bonds is 78. The smallest absolute Gasteiger partial charge is 0.462 e. The molecule has 98 heavy (non-hydrogen) atoms. The second kappa shape index (κ2) is 70.7. The van der Waals surface area contributed by atoms with E-state index in [1.54, 1.807) is 0 Å². The number of phosphoric ester groups is 2. The number of aliphatic hydroxyl groups excluding tert-OH is 1. The SMILES string of the molecule is CCCCCCCCCCCCCCCCCCCCCCC(=O)O[C@H](COC(=O)CCCCCCCCCCCCCCCCCCCC)COP(=O)(O)OC[C@@H](O)COP(=O)(O)OC[C@@H](COC(=O)CCCCCCCCCC(C)C)OC(=O)CCCCCCCCCC(C)C. The summed E-state index contributed by atoms with van der Waals surface area (Å²) in [5.41, 5.74) is 0. The summed E-state index contributed by atoms with van der Waals surface area (Å²) in [6.45, 7) is 9.49. The molecule has 5 atom stereocenters.